The number of aliphatic carboxylic acids is 1. The number of nitrogens with one attached hydrogen (secondary N) is 1. The topological polar surface area (TPSA) is 114 Å². The van der Waals surface area contributed by atoms with Gasteiger partial charge in [0.1, 0.15) is 6.04 Å². The normalized spacial score (nSPS) is 12.9. The number of aromatic nitrogens is 3. The van der Waals surface area contributed by atoms with Gasteiger partial charge in [0.25, 0.3) is 5.56 Å². The lowest BCUT2D eigenvalue weighted by Gasteiger charge is -2.24. The largest absolute Gasteiger partial charge is 0.481 e. The van der Waals surface area contributed by atoms with E-state index >= 15 is 0 Å². The van der Waals surface area contributed by atoms with Crippen molar-refractivity contribution in [3.63, 3.8) is 0 Å². The molecule has 0 spiro atoms. The highest BCUT2D eigenvalue weighted by Crippen LogP contribution is 2.27. The van der Waals surface area contributed by atoms with Crippen LogP contribution < -0.4 is 10.9 Å². The predicted molar refractivity (Wildman–Crippen MR) is 134 cm³/mol. The number of hydrogen-bond acceptors (Lipinski definition) is 5. The quantitative estimate of drug-likeness (QED) is 0.480. The maximum absolute atomic E-state index is 13.4. The van der Waals surface area contributed by atoms with Gasteiger partial charge in [0.2, 0.25) is 5.91 Å². The SMILES string of the molecule is Cc1ccn(C(CC(C)C)C(=O)NC(CC(=O)O)c2cncc(-c3c(C)cccc3C)n2)c(=O)c1. The Hall–Kier alpha value is -3.81. The Morgan fingerprint density at radius 3 is 2.37 bits per heavy atom. The van der Waals surface area contributed by atoms with Gasteiger partial charge < -0.3 is 15.0 Å². The van der Waals surface area contributed by atoms with Crippen molar-refractivity contribution in [3.8, 4) is 11.3 Å². The molecule has 2 atom stereocenters. The van der Waals surface area contributed by atoms with Crippen LogP contribution in [-0.4, -0.2) is 31.5 Å². The van der Waals surface area contributed by atoms with Crippen LogP contribution in [0.25, 0.3) is 11.3 Å². The van der Waals surface area contributed by atoms with Crippen LogP contribution in [-0.2, 0) is 9.59 Å². The van der Waals surface area contributed by atoms with Gasteiger partial charge in [0, 0.05) is 17.8 Å². The Labute approximate surface area is 205 Å². The lowest BCUT2D eigenvalue weighted by molar-refractivity contribution is -0.138. The van der Waals surface area contributed by atoms with Crippen molar-refractivity contribution in [2.45, 2.75) is 59.5 Å². The smallest absolute Gasteiger partial charge is 0.305 e. The molecule has 3 aromatic rings. The molecule has 8 heteroatoms. The van der Waals surface area contributed by atoms with Crippen LogP contribution in [0.4, 0.5) is 0 Å². The van der Waals surface area contributed by atoms with E-state index in [1.165, 1.54) is 16.8 Å². The van der Waals surface area contributed by atoms with E-state index in [2.05, 4.69) is 15.3 Å². The monoisotopic (exact) mass is 476 g/mol. The Morgan fingerprint density at radius 2 is 1.77 bits per heavy atom. The molecule has 0 saturated heterocycles. The first kappa shape index (κ1) is 25.8. The van der Waals surface area contributed by atoms with Crippen LogP contribution in [0, 0.1) is 26.7 Å². The van der Waals surface area contributed by atoms with E-state index in [0.29, 0.717) is 17.8 Å². The van der Waals surface area contributed by atoms with E-state index < -0.39 is 24.0 Å². The van der Waals surface area contributed by atoms with Crippen LogP contribution in [0.15, 0.2) is 53.7 Å². The first-order valence-electron chi connectivity index (χ1n) is 11.7. The van der Waals surface area contributed by atoms with Gasteiger partial charge in [-0.15, -0.1) is 0 Å². The second kappa shape index (κ2) is 11.1. The van der Waals surface area contributed by atoms with Gasteiger partial charge in [0.05, 0.1) is 36.2 Å². The van der Waals surface area contributed by atoms with Crippen LogP contribution in [0.5, 0.6) is 0 Å². The van der Waals surface area contributed by atoms with Crippen molar-refractivity contribution in [2.24, 2.45) is 5.92 Å². The third kappa shape index (κ3) is 6.41. The fraction of sp³-hybridized carbons (Fsp3) is 0.370. The van der Waals surface area contributed by atoms with Crippen LogP contribution >= 0.6 is 0 Å². The molecule has 0 saturated carbocycles. The second-order valence-electron chi connectivity index (χ2n) is 9.35. The zero-order valence-electron chi connectivity index (χ0n) is 20.8. The van der Waals surface area contributed by atoms with E-state index in [-0.39, 0.29) is 17.9 Å². The summed E-state index contributed by atoms with van der Waals surface area (Å²) in [5.74, 6) is -1.39. The molecule has 184 valence electrons. The maximum Gasteiger partial charge on any atom is 0.305 e. The summed E-state index contributed by atoms with van der Waals surface area (Å²) in [4.78, 5) is 46.7. The maximum atomic E-state index is 13.4. The first-order valence-corrected chi connectivity index (χ1v) is 11.7. The molecule has 2 heterocycles. The van der Waals surface area contributed by atoms with Crippen LogP contribution in [0.1, 0.15) is 61.2 Å². The number of amides is 1. The fourth-order valence-corrected chi connectivity index (χ4v) is 4.20. The minimum absolute atomic E-state index is 0.129. The van der Waals surface area contributed by atoms with Crippen molar-refractivity contribution in [1.29, 1.82) is 0 Å². The van der Waals surface area contributed by atoms with Crippen molar-refractivity contribution in [1.82, 2.24) is 19.9 Å². The molecule has 8 nitrogen and oxygen atoms in total. The molecule has 3 rings (SSSR count). The standard InChI is InChI=1S/C27H32N4O4/c1-16(2)11-23(31-10-9-17(3)12-24(31)32)27(35)30-20(13-25(33)34)21-14-28-15-22(29-21)26-18(4)7-6-8-19(26)5/h6-10,12,14-16,20,23H,11,13H2,1-5H3,(H,30,35)(H,33,34). The molecule has 1 amide bonds. The summed E-state index contributed by atoms with van der Waals surface area (Å²) in [6.45, 7) is 9.70. The average Bonchev–Trinajstić information content (AvgIpc) is 2.77. The molecule has 0 radical (unpaired) electrons. The summed E-state index contributed by atoms with van der Waals surface area (Å²) >= 11 is 0. The molecule has 35 heavy (non-hydrogen) atoms. The van der Waals surface area contributed by atoms with Crippen molar-refractivity contribution >= 4 is 11.9 Å². The van der Waals surface area contributed by atoms with Gasteiger partial charge in [0.15, 0.2) is 0 Å². The number of nitrogens with zero attached hydrogens (tertiary/aromatic N) is 3. The van der Waals surface area contributed by atoms with E-state index in [1.807, 2.05) is 52.8 Å². The van der Waals surface area contributed by atoms with Gasteiger partial charge in [-0.05, 0) is 55.9 Å². The molecule has 1 aromatic carbocycles. The summed E-state index contributed by atoms with van der Waals surface area (Å²) in [6.07, 6.45) is 4.76. The molecule has 0 aliphatic rings. The molecule has 2 unspecified atom stereocenters. The Morgan fingerprint density at radius 1 is 1.09 bits per heavy atom. The molecular weight excluding hydrogens is 444 g/mol. The number of benzene rings is 1. The zero-order valence-corrected chi connectivity index (χ0v) is 20.8. The van der Waals surface area contributed by atoms with Crippen LogP contribution in [0.3, 0.4) is 0 Å². The fourth-order valence-electron chi connectivity index (χ4n) is 4.20. The highest BCUT2D eigenvalue weighted by Gasteiger charge is 2.28. The summed E-state index contributed by atoms with van der Waals surface area (Å²) in [5, 5.41) is 12.4. The number of carboxylic acids is 1. The van der Waals surface area contributed by atoms with Gasteiger partial charge in [-0.3, -0.25) is 19.4 Å². The summed E-state index contributed by atoms with van der Waals surface area (Å²) in [6, 6.07) is 7.47. The van der Waals surface area contributed by atoms with Crippen molar-refractivity contribution < 1.29 is 14.7 Å². The lowest BCUT2D eigenvalue weighted by Crippen LogP contribution is -2.40. The summed E-state index contributed by atoms with van der Waals surface area (Å²) in [5.41, 5.74) is 4.44. The predicted octanol–water partition coefficient (Wildman–Crippen LogP) is 4.15. The number of rotatable bonds is 9. The minimum Gasteiger partial charge on any atom is -0.481 e. The third-order valence-electron chi connectivity index (χ3n) is 5.88. The molecule has 0 fully saturated rings. The van der Waals surface area contributed by atoms with E-state index in [9.17, 15) is 19.5 Å². The Kier molecular flexibility index (Phi) is 8.17. The van der Waals surface area contributed by atoms with Crippen molar-refractivity contribution in [3.05, 3.63) is 81.7 Å². The minimum atomic E-state index is -1.08. The molecule has 0 bridgehead atoms. The number of carboxylic acid groups (broad SMARTS) is 1. The number of hydrogen-bond donors (Lipinski definition) is 2. The van der Waals surface area contributed by atoms with Crippen molar-refractivity contribution in [2.75, 3.05) is 0 Å². The summed E-state index contributed by atoms with van der Waals surface area (Å²) < 4.78 is 1.40. The Balaban J connectivity index is 1.98. The third-order valence-corrected chi connectivity index (χ3v) is 5.88. The Bertz CT molecular complexity index is 1260. The molecular formula is C27H32N4O4. The number of carbonyl (C=O) groups excluding carboxylic acids is 1. The molecule has 0 aliphatic heterocycles. The molecule has 2 aromatic heterocycles. The van der Waals surface area contributed by atoms with Crippen LogP contribution in [0.2, 0.25) is 0 Å². The lowest BCUT2D eigenvalue weighted by atomic mass is 9.99. The molecule has 0 aliphatic carbocycles. The number of aryl methyl sites for hydroxylation is 3. The van der Waals surface area contributed by atoms with E-state index in [1.54, 1.807) is 18.5 Å². The van der Waals surface area contributed by atoms with E-state index in [0.717, 1.165) is 22.3 Å². The van der Waals surface area contributed by atoms with Gasteiger partial charge >= 0.3 is 5.97 Å². The first-order chi connectivity index (χ1) is 16.6. The van der Waals surface area contributed by atoms with E-state index in [4.69, 9.17) is 0 Å². The van der Waals surface area contributed by atoms with Gasteiger partial charge in [-0.25, -0.2) is 4.98 Å². The highest BCUT2D eigenvalue weighted by molar-refractivity contribution is 5.81. The average molecular weight is 477 g/mol. The van der Waals surface area contributed by atoms with Gasteiger partial charge in [-0.2, -0.15) is 0 Å². The highest BCUT2D eigenvalue weighted by atomic mass is 16.4. The zero-order chi connectivity index (χ0) is 25.7. The number of pyridine rings is 1. The molecule has 2 N–H and O–H groups in total. The second-order valence-corrected chi connectivity index (χ2v) is 9.35. The van der Waals surface area contributed by atoms with Gasteiger partial charge in [-0.1, -0.05) is 32.0 Å². The number of carbonyl (C=O) groups is 2. The summed E-state index contributed by atoms with van der Waals surface area (Å²) in [7, 11) is 0.